The number of benzene rings is 3. The van der Waals surface area contributed by atoms with E-state index in [2.05, 4.69) is 4.99 Å². The fourth-order valence-electron chi connectivity index (χ4n) is 2.65. The third kappa shape index (κ3) is 6.10. The number of halogens is 1. The molecule has 0 spiro atoms. The van der Waals surface area contributed by atoms with Crippen LogP contribution in [0.2, 0.25) is 5.02 Å². The zero-order valence-electron chi connectivity index (χ0n) is 16.9. The summed E-state index contributed by atoms with van der Waals surface area (Å²) in [5, 5.41) is 9.54. The van der Waals surface area contributed by atoms with Gasteiger partial charge in [-0.25, -0.2) is 4.79 Å². The quantitative estimate of drug-likeness (QED) is 0.231. The molecule has 0 amide bonds. The van der Waals surface area contributed by atoms with Gasteiger partial charge in [0.05, 0.1) is 24.9 Å². The molecule has 3 aromatic carbocycles. The lowest BCUT2D eigenvalue weighted by Crippen LogP contribution is -2.06. The van der Waals surface area contributed by atoms with Gasteiger partial charge in [0.1, 0.15) is 11.5 Å². The number of aliphatic imine (C=N–C) groups is 1. The molecule has 0 aromatic heterocycles. The van der Waals surface area contributed by atoms with Gasteiger partial charge < -0.3 is 19.3 Å². The lowest BCUT2D eigenvalue weighted by molar-refractivity contribution is -0.129. The molecule has 158 valence electrons. The summed E-state index contributed by atoms with van der Waals surface area (Å²) in [7, 11) is 3.03. The number of carbonyl (C=O) groups is 1. The summed E-state index contributed by atoms with van der Waals surface area (Å²) in [6.45, 7) is 0. The predicted octanol–water partition coefficient (Wildman–Crippen LogP) is 5.43. The summed E-state index contributed by atoms with van der Waals surface area (Å²) in [5.41, 5.74) is 2.10. The van der Waals surface area contributed by atoms with Crippen molar-refractivity contribution in [2.24, 2.45) is 4.99 Å². The normalized spacial score (nSPS) is 11.1. The Morgan fingerprint density at radius 2 is 1.77 bits per heavy atom. The molecule has 0 unspecified atom stereocenters. The Bertz CT molecular complexity index is 1120. The van der Waals surface area contributed by atoms with Gasteiger partial charge in [0.2, 0.25) is 0 Å². The number of hydrogen-bond donors (Lipinski definition) is 1. The van der Waals surface area contributed by atoms with Crippen molar-refractivity contribution in [2.45, 2.75) is 0 Å². The number of methoxy groups -OCH3 is 2. The van der Waals surface area contributed by atoms with E-state index < -0.39 is 5.97 Å². The van der Waals surface area contributed by atoms with E-state index >= 15 is 0 Å². The highest BCUT2D eigenvalue weighted by Crippen LogP contribution is 2.36. The molecule has 0 bridgehead atoms. The number of aromatic hydroxyl groups is 1. The first-order chi connectivity index (χ1) is 15.0. The number of nitrogens with zero attached hydrogens (tertiary/aromatic N) is 1. The number of phenolic OH excluding ortho intramolecular Hbond substituents is 1. The van der Waals surface area contributed by atoms with Crippen LogP contribution < -0.4 is 14.2 Å². The summed E-state index contributed by atoms with van der Waals surface area (Å²) in [6, 6.07) is 17.0. The molecule has 0 aliphatic heterocycles. The van der Waals surface area contributed by atoms with Gasteiger partial charge >= 0.3 is 5.97 Å². The van der Waals surface area contributed by atoms with Crippen molar-refractivity contribution < 1.29 is 24.1 Å². The van der Waals surface area contributed by atoms with Gasteiger partial charge in [-0.3, -0.25) is 4.99 Å². The van der Waals surface area contributed by atoms with Crippen LogP contribution in [0.25, 0.3) is 6.08 Å². The van der Waals surface area contributed by atoms with Gasteiger partial charge in [0.25, 0.3) is 0 Å². The minimum atomic E-state index is -0.603. The number of ether oxygens (including phenoxy) is 3. The van der Waals surface area contributed by atoms with E-state index in [9.17, 15) is 9.90 Å². The Balaban J connectivity index is 1.75. The van der Waals surface area contributed by atoms with Crippen molar-refractivity contribution in [2.75, 3.05) is 14.2 Å². The first kappa shape index (κ1) is 21.9. The number of hydrogen-bond acceptors (Lipinski definition) is 6. The molecular formula is C24H20ClNO5. The van der Waals surface area contributed by atoms with Crippen LogP contribution in [0.15, 0.2) is 71.7 Å². The minimum absolute atomic E-state index is 0.117. The van der Waals surface area contributed by atoms with Crippen molar-refractivity contribution in [3.63, 3.8) is 0 Å². The lowest BCUT2D eigenvalue weighted by Gasteiger charge is -2.11. The summed E-state index contributed by atoms with van der Waals surface area (Å²) >= 11 is 6.32. The Hall–Kier alpha value is -3.77. The maximum absolute atomic E-state index is 12.3. The monoisotopic (exact) mass is 437 g/mol. The molecule has 3 aromatic rings. The Kier molecular flexibility index (Phi) is 7.30. The highest BCUT2D eigenvalue weighted by atomic mass is 35.5. The fourth-order valence-corrected chi connectivity index (χ4v) is 2.90. The van der Waals surface area contributed by atoms with E-state index in [1.54, 1.807) is 61.9 Å². The molecule has 0 atom stereocenters. The summed E-state index contributed by atoms with van der Waals surface area (Å²) in [5.74, 6) is 0.655. The zero-order chi connectivity index (χ0) is 22.2. The molecule has 0 aliphatic rings. The average molecular weight is 438 g/mol. The minimum Gasteiger partial charge on any atom is -0.508 e. The van der Waals surface area contributed by atoms with Crippen molar-refractivity contribution in [3.05, 3.63) is 82.9 Å². The van der Waals surface area contributed by atoms with Gasteiger partial charge in [-0.05, 0) is 65.7 Å². The highest BCUT2D eigenvalue weighted by Gasteiger charge is 2.14. The Morgan fingerprint density at radius 1 is 1.00 bits per heavy atom. The lowest BCUT2D eigenvalue weighted by atomic mass is 10.2. The van der Waals surface area contributed by atoms with Crippen LogP contribution in [-0.4, -0.2) is 31.5 Å². The summed E-state index contributed by atoms with van der Waals surface area (Å²) in [6.07, 6.45) is 4.50. The van der Waals surface area contributed by atoms with Crippen LogP contribution >= 0.6 is 11.6 Å². The molecular weight excluding hydrogens is 418 g/mol. The van der Waals surface area contributed by atoms with Gasteiger partial charge in [0.15, 0.2) is 11.5 Å². The van der Waals surface area contributed by atoms with E-state index in [4.69, 9.17) is 25.8 Å². The van der Waals surface area contributed by atoms with Gasteiger partial charge in [0, 0.05) is 12.3 Å². The van der Waals surface area contributed by atoms with E-state index in [1.807, 2.05) is 18.2 Å². The molecule has 0 saturated heterocycles. The largest absolute Gasteiger partial charge is 0.508 e. The van der Waals surface area contributed by atoms with Crippen molar-refractivity contribution in [1.82, 2.24) is 0 Å². The summed E-state index contributed by atoms with van der Waals surface area (Å²) < 4.78 is 15.9. The molecule has 0 saturated carbocycles. The predicted molar refractivity (Wildman–Crippen MR) is 121 cm³/mol. The average Bonchev–Trinajstić information content (AvgIpc) is 2.79. The third-order valence-electron chi connectivity index (χ3n) is 4.17. The Morgan fingerprint density at radius 3 is 2.48 bits per heavy atom. The van der Waals surface area contributed by atoms with E-state index in [0.717, 1.165) is 5.56 Å². The first-order valence-electron chi connectivity index (χ1n) is 9.23. The molecule has 0 radical (unpaired) electrons. The molecule has 0 fully saturated rings. The molecule has 6 nitrogen and oxygen atoms in total. The molecule has 3 rings (SSSR count). The number of rotatable bonds is 7. The van der Waals surface area contributed by atoms with Crippen LogP contribution in [0, 0.1) is 0 Å². The zero-order valence-corrected chi connectivity index (χ0v) is 17.7. The number of esters is 1. The number of phenols is 1. The topological polar surface area (TPSA) is 77.4 Å². The van der Waals surface area contributed by atoms with E-state index in [1.165, 1.54) is 13.2 Å². The molecule has 0 aliphatic carbocycles. The van der Waals surface area contributed by atoms with E-state index in [0.29, 0.717) is 22.7 Å². The van der Waals surface area contributed by atoms with Gasteiger partial charge in [-0.1, -0.05) is 23.7 Å². The van der Waals surface area contributed by atoms with Crippen LogP contribution in [0.1, 0.15) is 11.1 Å². The number of carbonyl (C=O) groups excluding carboxylic acids is 1. The molecule has 0 heterocycles. The SMILES string of the molecule is COc1cccc(/C=C/C(=O)Oc2c(Cl)cc(/C=N/c3ccc(O)cc3)cc2OC)c1. The summed E-state index contributed by atoms with van der Waals surface area (Å²) in [4.78, 5) is 16.6. The van der Waals surface area contributed by atoms with Gasteiger partial charge in [-0.15, -0.1) is 0 Å². The smallest absolute Gasteiger partial charge is 0.336 e. The van der Waals surface area contributed by atoms with Crippen LogP contribution in [0.5, 0.6) is 23.0 Å². The highest BCUT2D eigenvalue weighted by molar-refractivity contribution is 6.32. The second kappa shape index (κ2) is 10.3. The first-order valence-corrected chi connectivity index (χ1v) is 9.61. The third-order valence-corrected chi connectivity index (χ3v) is 4.45. The van der Waals surface area contributed by atoms with E-state index in [-0.39, 0.29) is 16.5 Å². The molecule has 31 heavy (non-hydrogen) atoms. The van der Waals surface area contributed by atoms with Gasteiger partial charge in [-0.2, -0.15) is 0 Å². The van der Waals surface area contributed by atoms with Crippen molar-refractivity contribution in [3.8, 4) is 23.0 Å². The van der Waals surface area contributed by atoms with Crippen LogP contribution in [0.4, 0.5) is 5.69 Å². The maximum Gasteiger partial charge on any atom is 0.336 e. The Labute approximate surface area is 185 Å². The maximum atomic E-state index is 12.3. The molecule has 7 heteroatoms. The van der Waals surface area contributed by atoms with Crippen molar-refractivity contribution in [1.29, 1.82) is 0 Å². The fraction of sp³-hybridized carbons (Fsp3) is 0.0833. The molecule has 1 N–H and O–H groups in total. The second-order valence-corrected chi connectivity index (χ2v) is 6.75. The van der Waals surface area contributed by atoms with Crippen molar-refractivity contribution >= 4 is 35.5 Å². The van der Waals surface area contributed by atoms with Crippen LogP contribution in [0.3, 0.4) is 0 Å². The van der Waals surface area contributed by atoms with Crippen LogP contribution in [-0.2, 0) is 4.79 Å². The standard InChI is InChI=1S/C24H20ClNO5/c1-29-20-5-3-4-16(12-20)6-11-23(28)31-24-21(25)13-17(14-22(24)30-2)15-26-18-7-9-19(27)10-8-18/h3-15,27H,1-2H3/b11-6+,26-15+. The second-order valence-electron chi connectivity index (χ2n) is 6.34.